The fourth-order valence-electron chi connectivity index (χ4n) is 0.973. The van der Waals surface area contributed by atoms with E-state index in [0.29, 0.717) is 0 Å². The summed E-state index contributed by atoms with van der Waals surface area (Å²) in [5, 5.41) is 19.4. The quantitative estimate of drug-likeness (QED) is 0.523. The lowest BCUT2D eigenvalue weighted by Gasteiger charge is -2.05. The van der Waals surface area contributed by atoms with Crippen molar-refractivity contribution < 1.29 is 18.8 Å². The van der Waals surface area contributed by atoms with E-state index in [1.165, 1.54) is 0 Å². The number of aliphatic hydroxyl groups is 1. The maximum atomic E-state index is 12.4. The zero-order valence-electron chi connectivity index (χ0n) is 7.15. The van der Waals surface area contributed by atoms with Gasteiger partial charge in [-0.3, -0.25) is 10.1 Å². The molecule has 8 heteroatoms. The first-order valence-electron chi connectivity index (χ1n) is 3.69. The number of pyridine rings is 1. The molecule has 0 saturated carbocycles. The van der Waals surface area contributed by atoms with E-state index in [4.69, 9.17) is 5.11 Å². The number of nitrogens with zero attached hydrogens (tertiary/aromatic N) is 2. The molecule has 82 valence electrons. The van der Waals surface area contributed by atoms with Gasteiger partial charge in [0.05, 0.1) is 15.1 Å². The number of hydrogen-bond donors (Lipinski definition) is 1. The Morgan fingerprint density at radius 3 is 2.67 bits per heavy atom. The van der Waals surface area contributed by atoms with Crippen LogP contribution in [0.3, 0.4) is 0 Å². The molecule has 1 aromatic heterocycles. The fourth-order valence-corrected chi connectivity index (χ4v) is 1.76. The van der Waals surface area contributed by atoms with Crippen LogP contribution in [0.2, 0.25) is 0 Å². The summed E-state index contributed by atoms with van der Waals surface area (Å²) in [6.45, 7) is -0.477. The second kappa shape index (κ2) is 4.75. The van der Waals surface area contributed by atoms with Crippen molar-refractivity contribution in [2.24, 2.45) is 0 Å². The third kappa shape index (κ3) is 2.37. The van der Waals surface area contributed by atoms with Crippen molar-refractivity contribution >= 4 is 28.3 Å². The van der Waals surface area contributed by atoms with E-state index in [9.17, 15) is 18.9 Å². The average molecular weight is 330 g/mol. The van der Waals surface area contributed by atoms with Crippen molar-refractivity contribution in [3.05, 3.63) is 31.1 Å². The maximum Gasteiger partial charge on any atom is 0.310 e. The summed E-state index contributed by atoms with van der Waals surface area (Å²) in [6.07, 6.45) is -2.00. The van der Waals surface area contributed by atoms with E-state index in [1.54, 1.807) is 22.6 Å². The minimum absolute atomic E-state index is 0.00889. The van der Waals surface area contributed by atoms with Crippen LogP contribution >= 0.6 is 22.6 Å². The number of aromatic nitrogens is 1. The minimum atomic E-state index is -3.01. The molecular formula is C7H5F2IN2O3. The van der Waals surface area contributed by atoms with E-state index in [-0.39, 0.29) is 9.13 Å². The van der Waals surface area contributed by atoms with Gasteiger partial charge in [-0.05, 0) is 22.6 Å². The Balaban J connectivity index is 3.44. The molecule has 0 radical (unpaired) electrons. The number of hydrogen-bond acceptors (Lipinski definition) is 4. The molecule has 0 saturated heterocycles. The standard InChI is InChI=1S/C7H5F2IN2O3/c8-7(9)5-6(12(14)15)4(10)3(2-13)1-11-5/h1,7,13H,2H2. The Bertz CT molecular complexity index is 400. The van der Waals surface area contributed by atoms with E-state index in [0.717, 1.165) is 6.20 Å². The molecular weight excluding hydrogens is 325 g/mol. The van der Waals surface area contributed by atoms with Crippen LogP contribution in [0.5, 0.6) is 0 Å². The minimum Gasteiger partial charge on any atom is -0.392 e. The Labute approximate surface area is 96.4 Å². The molecule has 0 aliphatic rings. The highest BCUT2D eigenvalue weighted by atomic mass is 127. The molecule has 0 aromatic carbocycles. The van der Waals surface area contributed by atoms with Gasteiger partial charge in [-0.2, -0.15) is 0 Å². The van der Waals surface area contributed by atoms with Crippen molar-refractivity contribution in [3.63, 3.8) is 0 Å². The van der Waals surface area contributed by atoms with Gasteiger partial charge >= 0.3 is 5.69 Å². The first-order valence-corrected chi connectivity index (χ1v) is 4.77. The molecule has 0 aliphatic heterocycles. The monoisotopic (exact) mass is 330 g/mol. The van der Waals surface area contributed by atoms with Crippen molar-refractivity contribution in [3.8, 4) is 0 Å². The van der Waals surface area contributed by atoms with Crippen molar-refractivity contribution in [1.82, 2.24) is 4.98 Å². The topological polar surface area (TPSA) is 76.3 Å². The predicted molar refractivity (Wildman–Crippen MR) is 54.5 cm³/mol. The van der Waals surface area contributed by atoms with Gasteiger partial charge in [0.1, 0.15) is 0 Å². The third-order valence-corrected chi connectivity index (χ3v) is 2.86. The van der Waals surface area contributed by atoms with Crippen molar-refractivity contribution in [2.45, 2.75) is 13.0 Å². The van der Waals surface area contributed by atoms with Crippen LogP contribution < -0.4 is 0 Å². The van der Waals surface area contributed by atoms with Crippen LogP contribution in [-0.4, -0.2) is 15.0 Å². The van der Waals surface area contributed by atoms with Crippen LogP contribution in [0, 0.1) is 13.7 Å². The molecule has 1 heterocycles. The summed E-state index contributed by atoms with van der Waals surface area (Å²) in [5.41, 5.74) is -1.45. The smallest absolute Gasteiger partial charge is 0.310 e. The summed E-state index contributed by atoms with van der Waals surface area (Å²) in [5.74, 6) is 0. The maximum absolute atomic E-state index is 12.4. The van der Waals surface area contributed by atoms with E-state index >= 15 is 0 Å². The molecule has 1 aromatic rings. The molecule has 15 heavy (non-hydrogen) atoms. The Morgan fingerprint density at radius 1 is 1.67 bits per heavy atom. The highest BCUT2D eigenvalue weighted by Gasteiger charge is 2.28. The van der Waals surface area contributed by atoms with Gasteiger partial charge in [-0.25, -0.2) is 13.8 Å². The lowest BCUT2D eigenvalue weighted by Crippen LogP contribution is -2.04. The summed E-state index contributed by atoms with van der Waals surface area (Å²) in [7, 11) is 0. The summed E-state index contributed by atoms with van der Waals surface area (Å²) < 4.78 is 24.7. The highest BCUT2D eigenvalue weighted by molar-refractivity contribution is 14.1. The first-order chi connectivity index (χ1) is 6.99. The molecule has 0 bridgehead atoms. The van der Waals surface area contributed by atoms with Crippen molar-refractivity contribution in [2.75, 3.05) is 0 Å². The van der Waals surface area contributed by atoms with Crippen LogP contribution in [0.4, 0.5) is 14.5 Å². The molecule has 0 fully saturated rings. The van der Waals surface area contributed by atoms with Crippen LogP contribution in [0.1, 0.15) is 17.7 Å². The lowest BCUT2D eigenvalue weighted by atomic mass is 10.2. The second-order valence-corrected chi connectivity index (χ2v) is 3.63. The predicted octanol–water partition coefficient (Wildman–Crippen LogP) is 2.02. The summed E-state index contributed by atoms with van der Waals surface area (Å²) in [4.78, 5) is 12.9. The van der Waals surface area contributed by atoms with E-state index in [2.05, 4.69) is 4.98 Å². The van der Waals surface area contributed by atoms with Crippen LogP contribution in [0.25, 0.3) is 0 Å². The average Bonchev–Trinajstić information content (AvgIpc) is 2.16. The first kappa shape index (κ1) is 12.2. The largest absolute Gasteiger partial charge is 0.392 e. The molecule has 0 unspecified atom stereocenters. The van der Waals surface area contributed by atoms with Crippen LogP contribution in [0.15, 0.2) is 6.20 Å². The molecule has 0 aliphatic carbocycles. The summed E-state index contributed by atoms with van der Waals surface area (Å²) in [6, 6.07) is 0. The van der Waals surface area contributed by atoms with Gasteiger partial charge in [0.2, 0.25) is 0 Å². The zero-order chi connectivity index (χ0) is 11.6. The van der Waals surface area contributed by atoms with Gasteiger partial charge in [0.15, 0.2) is 5.69 Å². The van der Waals surface area contributed by atoms with Crippen molar-refractivity contribution in [1.29, 1.82) is 0 Å². The number of halogens is 3. The molecule has 0 spiro atoms. The second-order valence-electron chi connectivity index (χ2n) is 2.55. The fraction of sp³-hybridized carbons (Fsp3) is 0.286. The van der Waals surface area contributed by atoms with E-state index in [1.807, 2.05) is 0 Å². The number of alkyl halides is 2. The normalized spacial score (nSPS) is 10.7. The lowest BCUT2D eigenvalue weighted by molar-refractivity contribution is -0.387. The number of aliphatic hydroxyl groups excluding tert-OH is 1. The number of rotatable bonds is 3. The Kier molecular flexibility index (Phi) is 3.85. The summed E-state index contributed by atoms with van der Waals surface area (Å²) >= 11 is 1.54. The molecule has 5 nitrogen and oxygen atoms in total. The molecule has 0 amide bonds. The molecule has 1 rings (SSSR count). The van der Waals surface area contributed by atoms with Crippen LogP contribution in [-0.2, 0) is 6.61 Å². The number of nitro groups is 1. The third-order valence-electron chi connectivity index (χ3n) is 1.65. The Hall–Kier alpha value is -0.900. The SMILES string of the molecule is O=[N+]([O-])c1c(C(F)F)ncc(CO)c1I. The zero-order valence-corrected chi connectivity index (χ0v) is 9.31. The van der Waals surface area contributed by atoms with Gasteiger partial charge in [-0.15, -0.1) is 0 Å². The Morgan fingerprint density at radius 2 is 2.27 bits per heavy atom. The van der Waals surface area contributed by atoms with Gasteiger partial charge in [0.25, 0.3) is 6.43 Å². The molecule has 1 N–H and O–H groups in total. The van der Waals surface area contributed by atoms with E-state index < -0.39 is 29.3 Å². The van der Waals surface area contributed by atoms with Gasteiger partial charge in [0, 0.05) is 11.8 Å². The molecule has 0 atom stereocenters. The van der Waals surface area contributed by atoms with Gasteiger partial charge < -0.3 is 5.11 Å². The highest BCUT2D eigenvalue weighted by Crippen LogP contribution is 2.32. The van der Waals surface area contributed by atoms with Gasteiger partial charge in [-0.1, -0.05) is 0 Å².